The first-order valence-electron chi connectivity index (χ1n) is 17.1. The Balaban J connectivity index is 0.00000126. The third-order valence-electron chi connectivity index (χ3n) is 8.66. The minimum Gasteiger partial charge on any atom is -0.493 e. The van der Waals surface area contributed by atoms with Crippen LogP contribution in [-0.2, 0) is 14.3 Å². The zero-order valence-electron chi connectivity index (χ0n) is 30.1. The Labute approximate surface area is 285 Å². The fourth-order valence-electron chi connectivity index (χ4n) is 6.32. The van der Waals surface area contributed by atoms with Gasteiger partial charge in [-0.2, -0.15) is 0 Å². The largest absolute Gasteiger partial charge is 0.493 e. The lowest BCUT2D eigenvalue weighted by atomic mass is 9.89. The van der Waals surface area contributed by atoms with Gasteiger partial charge in [0.05, 0.1) is 34.3 Å². The average molecular weight is 650 g/mol. The van der Waals surface area contributed by atoms with Crippen LogP contribution < -0.4 is 9.80 Å². The van der Waals surface area contributed by atoms with Gasteiger partial charge in [-0.05, 0) is 74.3 Å². The van der Waals surface area contributed by atoms with Crippen LogP contribution in [0.2, 0.25) is 0 Å². The number of aliphatic hydroxyl groups excluding tert-OH is 1. The molecule has 3 fully saturated rings. The summed E-state index contributed by atoms with van der Waals surface area (Å²) in [7, 11) is 6.25. The summed E-state index contributed by atoms with van der Waals surface area (Å²) in [4.78, 5) is 33.4. The molecule has 260 valence electrons. The van der Waals surface area contributed by atoms with Crippen LogP contribution in [0, 0.1) is 44.5 Å². The van der Waals surface area contributed by atoms with Crippen molar-refractivity contribution in [3.63, 3.8) is 0 Å². The van der Waals surface area contributed by atoms with E-state index in [2.05, 4.69) is 90.7 Å². The number of rotatable bonds is 11. The lowest BCUT2D eigenvalue weighted by Gasteiger charge is -2.30. The summed E-state index contributed by atoms with van der Waals surface area (Å²) in [6.45, 7) is 11.7. The molecule has 0 aliphatic carbocycles. The van der Waals surface area contributed by atoms with Gasteiger partial charge in [-0.3, -0.25) is 14.5 Å². The molecule has 0 aromatic heterocycles. The minimum absolute atomic E-state index is 0.0306. The third kappa shape index (κ3) is 13.2. The second-order valence-corrected chi connectivity index (χ2v) is 13.0. The molecule has 3 aliphatic rings. The number of quaternary nitrogens is 1. The molecule has 3 saturated heterocycles. The Hall–Kier alpha value is -3.56. The zero-order valence-corrected chi connectivity index (χ0v) is 30.1. The van der Waals surface area contributed by atoms with E-state index in [0.29, 0.717) is 44.3 Å². The molecule has 4 rings (SSSR count). The number of nitrogens with one attached hydrogen (secondary N) is 1. The number of carbonyl (C=O) groups is 2. The smallest absolute Gasteiger partial charge is 0.241 e. The quantitative estimate of drug-likeness (QED) is 0.350. The van der Waals surface area contributed by atoms with E-state index < -0.39 is 6.23 Å². The molecule has 3 heterocycles. The van der Waals surface area contributed by atoms with Gasteiger partial charge in [0.2, 0.25) is 11.8 Å². The molecule has 4 atom stereocenters. The molecule has 3 aliphatic heterocycles. The summed E-state index contributed by atoms with van der Waals surface area (Å²) in [5.74, 6) is 1.92. The number of amides is 2. The number of hydrogen-bond acceptors (Lipinski definition) is 5. The molecular weight excluding hydrogens is 588 g/mol. The lowest BCUT2D eigenvalue weighted by molar-refractivity contribution is -0.836. The van der Waals surface area contributed by atoms with Crippen molar-refractivity contribution in [3.8, 4) is 25.7 Å². The molecule has 0 radical (unpaired) electrons. The molecule has 3 unspecified atom stereocenters. The average Bonchev–Trinajstić information content (AvgIpc) is 3.76. The summed E-state index contributed by atoms with van der Waals surface area (Å²) in [6, 6.07) is 8.39. The highest BCUT2D eigenvalue weighted by atomic mass is 16.5. The van der Waals surface area contributed by atoms with Crippen LogP contribution in [0.1, 0.15) is 71.3 Å². The molecule has 47 heavy (non-hydrogen) atoms. The van der Waals surface area contributed by atoms with Gasteiger partial charge in [0, 0.05) is 50.6 Å². The van der Waals surface area contributed by atoms with Crippen LogP contribution in [0.4, 0.5) is 5.69 Å². The number of aryl methyl sites for hydroxylation is 1. The van der Waals surface area contributed by atoms with Crippen molar-refractivity contribution in [2.45, 2.75) is 84.9 Å². The fraction of sp³-hybridized carbons (Fsp3) is 0.590. The van der Waals surface area contributed by atoms with Crippen molar-refractivity contribution in [3.05, 3.63) is 53.3 Å². The second-order valence-electron chi connectivity index (χ2n) is 13.0. The Morgan fingerprint density at radius 1 is 1.19 bits per heavy atom. The maximum atomic E-state index is 13.8. The van der Waals surface area contributed by atoms with Gasteiger partial charge < -0.3 is 24.5 Å². The van der Waals surface area contributed by atoms with Crippen LogP contribution in [0.15, 0.2) is 47.7 Å². The number of nitrogens with zero attached hydrogens (tertiary/aromatic N) is 3. The number of hydrogen-bond donors (Lipinski definition) is 2. The van der Waals surface area contributed by atoms with Crippen molar-refractivity contribution in [2.75, 3.05) is 58.8 Å². The first-order chi connectivity index (χ1) is 22.5. The summed E-state index contributed by atoms with van der Waals surface area (Å²) >= 11 is 0. The van der Waals surface area contributed by atoms with Crippen LogP contribution >= 0.6 is 0 Å². The topological polar surface area (TPSA) is 77.8 Å². The Bertz CT molecular complexity index is 1190. The molecule has 0 saturated carbocycles. The third-order valence-corrected chi connectivity index (χ3v) is 8.66. The number of terminal acetylenes is 2. The van der Waals surface area contributed by atoms with Crippen molar-refractivity contribution >= 4 is 17.5 Å². The number of allylic oxidation sites excluding steroid dienone is 3. The number of ether oxygens (including phenoxy) is 1. The van der Waals surface area contributed by atoms with Crippen molar-refractivity contribution < 1.29 is 24.3 Å². The molecule has 2 amide bonds. The van der Waals surface area contributed by atoms with Gasteiger partial charge in [-0.1, -0.05) is 38.5 Å². The molecule has 0 bridgehead atoms. The van der Waals surface area contributed by atoms with Crippen molar-refractivity contribution in [1.29, 1.82) is 0 Å². The fourth-order valence-corrected chi connectivity index (χ4v) is 6.32. The highest BCUT2D eigenvalue weighted by Gasteiger charge is 2.38. The molecule has 8 heteroatoms. The van der Waals surface area contributed by atoms with Gasteiger partial charge in [0.25, 0.3) is 0 Å². The standard InChI is InChI=1S/C32H47N3O4.C3H9N.2C2H2/c1-5-7-15-34(28-10-8-9-23(3)18-28)32(38)22-33-21-26(24(4)19-25-14-17-39-29(25)6-2)20-27(33)13-16-35-30(36)11-12-31(35)37;1-4(2)3;2*1-2/h6,8-10,18-19,24,26-27,30,36H,5,7,11-17,20-22H2,1-4H3;1-3H3;2*1-2H/p+1/b25-19-,29-6+;;;/t24?,26?,27-,30?;;;/m0.../s1. The molecule has 1 aromatic carbocycles. The van der Waals surface area contributed by atoms with E-state index in [1.165, 1.54) is 10.5 Å². The lowest BCUT2D eigenvalue weighted by Crippen LogP contribution is -3.02. The van der Waals surface area contributed by atoms with Gasteiger partial charge in [0.1, 0.15) is 12.0 Å². The number of anilines is 1. The second kappa shape index (κ2) is 22.1. The van der Waals surface area contributed by atoms with Gasteiger partial charge in [0.15, 0.2) is 0 Å². The van der Waals surface area contributed by atoms with E-state index in [-0.39, 0.29) is 17.9 Å². The van der Waals surface area contributed by atoms with Crippen molar-refractivity contribution in [2.24, 2.45) is 11.8 Å². The summed E-state index contributed by atoms with van der Waals surface area (Å²) in [6.07, 6.45) is 25.3. The Morgan fingerprint density at radius 2 is 1.87 bits per heavy atom. The van der Waals surface area contributed by atoms with Gasteiger partial charge >= 0.3 is 0 Å². The molecular formula is C39H61N4O4+. The highest BCUT2D eigenvalue weighted by molar-refractivity contribution is 5.95. The van der Waals surface area contributed by atoms with E-state index in [1.54, 1.807) is 4.90 Å². The number of benzene rings is 1. The highest BCUT2D eigenvalue weighted by Crippen LogP contribution is 2.35. The number of unbranched alkanes of at least 4 members (excludes halogenated alkanes) is 1. The predicted molar refractivity (Wildman–Crippen MR) is 194 cm³/mol. The normalized spacial score (nSPS) is 22.9. The molecule has 2 N–H and O–H groups in total. The Kier molecular flexibility index (Phi) is 19.5. The van der Waals surface area contributed by atoms with Gasteiger partial charge in [-0.15, -0.1) is 25.7 Å². The van der Waals surface area contributed by atoms with Gasteiger partial charge in [-0.25, -0.2) is 0 Å². The van der Waals surface area contributed by atoms with E-state index >= 15 is 0 Å². The number of carbonyl (C=O) groups excluding carboxylic acids is 2. The number of aliphatic hydroxyl groups is 1. The summed E-state index contributed by atoms with van der Waals surface area (Å²) in [5, 5.41) is 10.3. The molecule has 1 aromatic rings. The first kappa shape index (κ1) is 41.5. The van der Waals surface area contributed by atoms with Crippen LogP contribution in [0.5, 0.6) is 0 Å². The van der Waals surface area contributed by atoms with Crippen LogP contribution in [-0.4, -0.2) is 92.9 Å². The SMILES string of the molecule is C#C.C#C.C/C=C1/OCC/C1=C/C(C)C1C[C@H](CCN2C(=O)CCC2O)N(CC(=O)N(CCCC)c2cccc(C)c2)C1.C[NH+](C)C. The summed E-state index contributed by atoms with van der Waals surface area (Å²) in [5.41, 5.74) is 3.39. The maximum Gasteiger partial charge on any atom is 0.241 e. The first-order valence-corrected chi connectivity index (χ1v) is 17.1. The van der Waals surface area contributed by atoms with E-state index in [9.17, 15) is 14.7 Å². The van der Waals surface area contributed by atoms with E-state index in [1.807, 2.05) is 30.0 Å². The molecule has 0 spiro atoms. The molecule has 8 nitrogen and oxygen atoms in total. The predicted octanol–water partition coefficient (Wildman–Crippen LogP) is 4.30. The van der Waals surface area contributed by atoms with Crippen LogP contribution in [0.3, 0.4) is 0 Å². The zero-order chi connectivity index (χ0) is 35.5. The minimum atomic E-state index is -0.680. The summed E-state index contributed by atoms with van der Waals surface area (Å²) < 4.78 is 5.77. The van der Waals surface area contributed by atoms with Crippen LogP contribution in [0.25, 0.3) is 0 Å². The van der Waals surface area contributed by atoms with E-state index in [4.69, 9.17) is 4.74 Å². The van der Waals surface area contributed by atoms with Crippen molar-refractivity contribution in [1.82, 2.24) is 9.80 Å². The van der Waals surface area contributed by atoms with E-state index in [0.717, 1.165) is 62.3 Å². The Morgan fingerprint density at radius 3 is 2.45 bits per heavy atom. The number of likely N-dealkylation sites (tertiary alicyclic amines) is 2. The maximum absolute atomic E-state index is 13.8. The monoisotopic (exact) mass is 649 g/mol.